The maximum Gasteiger partial charge on any atom is 0.322 e. The Labute approximate surface area is 163 Å². The Hall–Kier alpha value is -3.23. The molecule has 9 nitrogen and oxygen atoms in total. The number of carbonyl (C=O) groups is 2. The molecule has 1 atom stereocenters. The number of hydrogen-bond donors (Lipinski definition) is 1. The van der Waals surface area contributed by atoms with Crippen LogP contribution in [0.3, 0.4) is 0 Å². The monoisotopic (exact) mass is 385 g/mol. The SMILES string of the molecule is COc1nc(CNC(=O)[C@H]2CC(=O)N(c3ccc(C)c(C)c3)C2)nc(OC)n1. The molecule has 2 heterocycles. The van der Waals surface area contributed by atoms with Crippen LogP contribution >= 0.6 is 0 Å². The van der Waals surface area contributed by atoms with Crippen LogP contribution in [-0.2, 0) is 16.1 Å². The second-order valence-electron chi connectivity index (χ2n) is 6.62. The number of amides is 2. The lowest BCUT2D eigenvalue weighted by molar-refractivity contribution is -0.126. The molecule has 1 aliphatic rings. The fourth-order valence-corrected chi connectivity index (χ4v) is 2.98. The molecule has 1 saturated heterocycles. The van der Waals surface area contributed by atoms with Crippen molar-refractivity contribution in [2.45, 2.75) is 26.8 Å². The van der Waals surface area contributed by atoms with Crippen LogP contribution in [0, 0.1) is 19.8 Å². The van der Waals surface area contributed by atoms with Crippen LogP contribution < -0.4 is 19.7 Å². The number of anilines is 1. The molecule has 0 bridgehead atoms. The van der Waals surface area contributed by atoms with Gasteiger partial charge in [-0.3, -0.25) is 9.59 Å². The van der Waals surface area contributed by atoms with E-state index in [0.717, 1.165) is 16.8 Å². The van der Waals surface area contributed by atoms with E-state index in [9.17, 15) is 9.59 Å². The first-order chi connectivity index (χ1) is 13.4. The standard InChI is InChI=1S/C19H23N5O4/c1-11-5-6-14(7-12(11)2)24-10-13(8-16(24)25)17(26)20-9-15-21-18(27-3)23-19(22-15)28-4/h5-7,13H,8-10H2,1-4H3,(H,20,26)/t13-/m0/s1. The lowest BCUT2D eigenvalue weighted by Crippen LogP contribution is -2.33. The first-order valence-corrected chi connectivity index (χ1v) is 8.89. The first kappa shape index (κ1) is 19.5. The largest absolute Gasteiger partial charge is 0.467 e. The zero-order chi connectivity index (χ0) is 20.3. The van der Waals surface area contributed by atoms with Gasteiger partial charge >= 0.3 is 12.0 Å². The third-order valence-corrected chi connectivity index (χ3v) is 4.72. The van der Waals surface area contributed by atoms with E-state index in [-0.39, 0.29) is 36.8 Å². The van der Waals surface area contributed by atoms with Crippen molar-refractivity contribution in [1.82, 2.24) is 20.3 Å². The highest BCUT2D eigenvalue weighted by Crippen LogP contribution is 2.27. The van der Waals surface area contributed by atoms with Gasteiger partial charge in [-0.25, -0.2) is 0 Å². The van der Waals surface area contributed by atoms with Gasteiger partial charge < -0.3 is 19.7 Å². The third kappa shape index (κ3) is 4.19. The number of benzene rings is 1. The van der Waals surface area contributed by atoms with E-state index >= 15 is 0 Å². The molecule has 1 aromatic carbocycles. The number of hydrogen-bond acceptors (Lipinski definition) is 7. The van der Waals surface area contributed by atoms with Crippen molar-refractivity contribution in [2.24, 2.45) is 5.92 Å². The fraction of sp³-hybridized carbons (Fsp3) is 0.421. The van der Waals surface area contributed by atoms with E-state index in [4.69, 9.17) is 9.47 Å². The van der Waals surface area contributed by atoms with Gasteiger partial charge in [0.05, 0.1) is 26.7 Å². The van der Waals surface area contributed by atoms with Crippen LogP contribution in [-0.4, -0.2) is 47.5 Å². The molecule has 0 radical (unpaired) electrons. The number of ether oxygens (including phenoxy) is 2. The van der Waals surface area contributed by atoms with Crippen LogP contribution in [0.2, 0.25) is 0 Å². The summed E-state index contributed by atoms with van der Waals surface area (Å²) in [5.41, 5.74) is 3.08. The maximum atomic E-state index is 12.5. The maximum absolute atomic E-state index is 12.5. The second kappa shape index (κ2) is 8.20. The number of rotatable bonds is 6. The van der Waals surface area contributed by atoms with Crippen LogP contribution in [0.5, 0.6) is 12.0 Å². The van der Waals surface area contributed by atoms with E-state index in [1.165, 1.54) is 14.2 Å². The van der Waals surface area contributed by atoms with Crippen LogP contribution in [0.15, 0.2) is 18.2 Å². The highest BCUT2D eigenvalue weighted by molar-refractivity contribution is 6.00. The van der Waals surface area contributed by atoms with Gasteiger partial charge in [-0.1, -0.05) is 6.07 Å². The number of carbonyl (C=O) groups excluding carboxylic acids is 2. The molecular formula is C19H23N5O4. The number of aromatic nitrogens is 3. The Balaban J connectivity index is 1.64. The molecule has 28 heavy (non-hydrogen) atoms. The predicted molar refractivity (Wildman–Crippen MR) is 101 cm³/mol. The summed E-state index contributed by atoms with van der Waals surface area (Å²) in [6.45, 7) is 4.45. The van der Waals surface area contributed by atoms with Gasteiger partial charge in [0.25, 0.3) is 0 Å². The van der Waals surface area contributed by atoms with Crippen molar-refractivity contribution in [1.29, 1.82) is 0 Å². The van der Waals surface area contributed by atoms with Gasteiger partial charge in [0.2, 0.25) is 11.8 Å². The average Bonchev–Trinajstić information content (AvgIpc) is 3.09. The van der Waals surface area contributed by atoms with Crippen molar-refractivity contribution in [3.8, 4) is 12.0 Å². The van der Waals surface area contributed by atoms with Crippen LogP contribution in [0.1, 0.15) is 23.4 Å². The predicted octanol–water partition coefficient (Wildman–Crippen LogP) is 1.17. The smallest absolute Gasteiger partial charge is 0.322 e. The summed E-state index contributed by atoms with van der Waals surface area (Å²) in [4.78, 5) is 38.7. The zero-order valence-corrected chi connectivity index (χ0v) is 16.4. The molecule has 1 aromatic heterocycles. The minimum absolute atomic E-state index is 0.0631. The molecule has 0 aliphatic carbocycles. The van der Waals surface area contributed by atoms with Gasteiger partial charge in [-0.15, -0.1) is 4.98 Å². The van der Waals surface area contributed by atoms with Gasteiger partial charge in [-0.05, 0) is 37.1 Å². The second-order valence-corrected chi connectivity index (χ2v) is 6.62. The van der Waals surface area contributed by atoms with E-state index in [2.05, 4.69) is 20.3 Å². The Bertz CT molecular complexity index is 880. The summed E-state index contributed by atoms with van der Waals surface area (Å²) < 4.78 is 9.99. The molecule has 0 spiro atoms. The summed E-state index contributed by atoms with van der Waals surface area (Å²) in [7, 11) is 2.87. The van der Waals surface area contributed by atoms with Crippen molar-refractivity contribution < 1.29 is 19.1 Å². The van der Waals surface area contributed by atoms with Crippen LogP contribution in [0.25, 0.3) is 0 Å². The summed E-state index contributed by atoms with van der Waals surface area (Å²) in [5, 5.41) is 2.77. The topological polar surface area (TPSA) is 107 Å². The Morgan fingerprint density at radius 3 is 2.43 bits per heavy atom. The van der Waals surface area contributed by atoms with Crippen molar-refractivity contribution in [3.63, 3.8) is 0 Å². The lowest BCUT2D eigenvalue weighted by atomic mass is 10.1. The molecule has 9 heteroatoms. The van der Waals surface area contributed by atoms with Gasteiger partial charge in [-0.2, -0.15) is 9.97 Å². The summed E-state index contributed by atoms with van der Waals surface area (Å²) in [6.07, 6.45) is 0.169. The normalized spacial score (nSPS) is 16.2. The molecule has 1 aliphatic heterocycles. The molecule has 2 amide bonds. The zero-order valence-electron chi connectivity index (χ0n) is 16.4. The molecule has 1 fully saturated rings. The fourth-order valence-electron chi connectivity index (χ4n) is 2.98. The quantitative estimate of drug-likeness (QED) is 0.795. The van der Waals surface area contributed by atoms with Crippen molar-refractivity contribution in [3.05, 3.63) is 35.2 Å². The van der Waals surface area contributed by atoms with E-state index < -0.39 is 5.92 Å². The highest BCUT2D eigenvalue weighted by Gasteiger charge is 2.35. The van der Waals surface area contributed by atoms with Crippen LogP contribution in [0.4, 0.5) is 5.69 Å². The molecule has 0 saturated carbocycles. The Morgan fingerprint density at radius 1 is 1.14 bits per heavy atom. The van der Waals surface area contributed by atoms with Gasteiger partial charge in [0.15, 0.2) is 5.82 Å². The average molecular weight is 385 g/mol. The van der Waals surface area contributed by atoms with Crippen molar-refractivity contribution >= 4 is 17.5 Å². The summed E-state index contributed by atoms with van der Waals surface area (Å²) in [6, 6.07) is 6.06. The Morgan fingerprint density at radius 2 is 1.82 bits per heavy atom. The van der Waals surface area contributed by atoms with Crippen molar-refractivity contribution in [2.75, 3.05) is 25.7 Å². The highest BCUT2D eigenvalue weighted by atomic mass is 16.5. The molecular weight excluding hydrogens is 362 g/mol. The number of aryl methyl sites for hydroxylation is 2. The molecule has 148 valence electrons. The Kier molecular flexibility index (Phi) is 5.72. The minimum Gasteiger partial charge on any atom is -0.467 e. The number of nitrogens with one attached hydrogen (secondary N) is 1. The minimum atomic E-state index is -0.431. The van der Waals surface area contributed by atoms with E-state index in [1.54, 1.807) is 4.90 Å². The molecule has 3 rings (SSSR count). The summed E-state index contributed by atoms with van der Waals surface area (Å²) >= 11 is 0. The van der Waals surface area contributed by atoms with Gasteiger partial charge in [0, 0.05) is 18.7 Å². The summed E-state index contributed by atoms with van der Waals surface area (Å²) in [5.74, 6) is -0.406. The number of nitrogens with zero attached hydrogens (tertiary/aromatic N) is 4. The van der Waals surface area contributed by atoms with E-state index in [0.29, 0.717) is 12.4 Å². The molecule has 1 N–H and O–H groups in total. The lowest BCUT2D eigenvalue weighted by Gasteiger charge is -2.18. The third-order valence-electron chi connectivity index (χ3n) is 4.72. The number of methoxy groups -OCH3 is 2. The molecule has 2 aromatic rings. The van der Waals surface area contributed by atoms with E-state index in [1.807, 2.05) is 32.0 Å². The van der Waals surface area contributed by atoms with Gasteiger partial charge in [0.1, 0.15) is 0 Å². The molecule has 0 unspecified atom stereocenters. The first-order valence-electron chi connectivity index (χ1n) is 8.89.